The van der Waals surface area contributed by atoms with E-state index >= 15 is 0 Å². The SMILES string of the molecule is COc1ccc(-c2csc3cnc(Nc4ccc(OC)c(OC)c4)nc23)c(OC)n1.COc1ccc(Nc2ncc3scc(-c4cnc(N)nc4)c3n2)cc1OC. The number of benzene rings is 2. The standard InChI is InChI=1S/C21H20N4O4S.C18H16N6O2S/c1-26-15-7-5-12(9-16(15)27-2)23-21-22-10-17-19(25-21)14(11-30-17)13-6-8-18(28-3)24-20(13)29-4;1-25-13-4-3-11(5-14(13)26-2)23-18-22-8-15-16(24-18)12(9-27-15)10-6-20-17(19)21-7-10/h5-11H,1-4H3,(H,22,23,25);3-9H,1-2H3,(H2,19,20,21)(H,22,23,24). The van der Waals surface area contributed by atoms with E-state index in [-0.39, 0.29) is 5.95 Å². The molecule has 2 aromatic carbocycles. The average molecular weight is 805 g/mol. The van der Waals surface area contributed by atoms with E-state index in [1.165, 1.54) is 0 Å². The Kier molecular flexibility index (Phi) is 11.5. The Hall–Kier alpha value is -7.05. The highest BCUT2D eigenvalue weighted by Gasteiger charge is 2.17. The van der Waals surface area contributed by atoms with Crippen molar-refractivity contribution in [3.8, 4) is 57.0 Å². The normalized spacial score (nSPS) is 10.7. The van der Waals surface area contributed by atoms with Crippen molar-refractivity contribution < 1.29 is 28.4 Å². The molecule has 0 fully saturated rings. The number of hydrogen-bond acceptors (Lipinski definition) is 18. The summed E-state index contributed by atoms with van der Waals surface area (Å²) in [7, 11) is 9.54. The van der Waals surface area contributed by atoms with Gasteiger partial charge in [-0.1, -0.05) is 0 Å². The molecule has 4 N–H and O–H groups in total. The second-order valence-electron chi connectivity index (χ2n) is 11.7. The summed E-state index contributed by atoms with van der Waals surface area (Å²) in [5.41, 5.74) is 12.3. The van der Waals surface area contributed by atoms with Crippen LogP contribution in [0.3, 0.4) is 0 Å². The molecule has 0 amide bonds. The number of anilines is 5. The molecule has 0 radical (unpaired) electrons. The van der Waals surface area contributed by atoms with Gasteiger partial charge in [-0.2, -0.15) is 4.98 Å². The van der Waals surface area contributed by atoms with Gasteiger partial charge in [-0.3, -0.25) is 0 Å². The number of thiophene rings is 2. The number of pyridine rings is 1. The zero-order chi connectivity index (χ0) is 39.9. The topological polar surface area (TPSA) is 196 Å². The fraction of sp³-hybridized carbons (Fsp3) is 0.154. The molecule has 0 spiro atoms. The Morgan fingerprint density at radius 2 is 1.04 bits per heavy atom. The van der Waals surface area contributed by atoms with E-state index in [1.807, 2.05) is 53.2 Å². The maximum atomic E-state index is 5.57. The van der Waals surface area contributed by atoms with E-state index in [1.54, 1.807) is 96.2 Å². The lowest BCUT2D eigenvalue weighted by Crippen LogP contribution is -1.98. The monoisotopic (exact) mass is 804 g/mol. The van der Waals surface area contributed by atoms with Gasteiger partial charge >= 0.3 is 0 Å². The van der Waals surface area contributed by atoms with Crippen LogP contribution in [0.4, 0.5) is 29.2 Å². The maximum Gasteiger partial charge on any atom is 0.227 e. The quantitative estimate of drug-likeness (QED) is 0.107. The number of ether oxygens (including phenoxy) is 6. The van der Waals surface area contributed by atoms with Crippen LogP contribution in [-0.2, 0) is 0 Å². The van der Waals surface area contributed by atoms with E-state index < -0.39 is 0 Å². The summed E-state index contributed by atoms with van der Waals surface area (Å²) in [6.07, 6.45) is 6.96. The van der Waals surface area contributed by atoms with E-state index in [0.717, 1.165) is 54.1 Å². The van der Waals surface area contributed by atoms with Gasteiger partial charge in [0.25, 0.3) is 0 Å². The lowest BCUT2D eigenvalue weighted by molar-refractivity contribution is 0.355. The molecule has 290 valence electrons. The lowest BCUT2D eigenvalue weighted by Gasteiger charge is -2.11. The van der Waals surface area contributed by atoms with E-state index in [0.29, 0.717) is 46.7 Å². The van der Waals surface area contributed by atoms with Gasteiger partial charge in [-0.05, 0) is 30.3 Å². The van der Waals surface area contributed by atoms with Crippen molar-refractivity contribution in [2.24, 2.45) is 0 Å². The van der Waals surface area contributed by atoms with Crippen LogP contribution in [0.1, 0.15) is 0 Å². The Balaban J connectivity index is 0.000000175. The fourth-order valence-corrected chi connectivity index (χ4v) is 7.37. The van der Waals surface area contributed by atoms with Gasteiger partial charge in [0.1, 0.15) is 0 Å². The second-order valence-corrected chi connectivity index (χ2v) is 13.6. The maximum absolute atomic E-state index is 5.57. The summed E-state index contributed by atoms with van der Waals surface area (Å²) < 4.78 is 33.8. The molecule has 0 aliphatic rings. The van der Waals surface area contributed by atoms with Crippen LogP contribution in [-0.4, -0.2) is 77.5 Å². The number of nitrogens with two attached hydrogens (primary N) is 1. The number of methoxy groups -OCH3 is 6. The molecule has 8 aromatic rings. The van der Waals surface area contributed by atoms with Crippen LogP contribution in [0.25, 0.3) is 42.7 Å². The number of aromatic nitrogens is 7. The first kappa shape index (κ1) is 38.2. The van der Waals surface area contributed by atoms with Crippen molar-refractivity contribution in [3.05, 3.63) is 84.1 Å². The van der Waals surface area contributed by atoms with Crippen molar-refractivity contribution in [1.82, 2.24) is 34.9 Å². The fourth-order valence-electron chi connectivity index (χ4n) is 5.63. The molecular weight excluding hydrogens is 769 g/mol. The van der Waals surface area contributed by atoms with E-state index in [4.69, 9.17) is 39.1 Å². The molecule has 57 heavy (non-hydrogen) atoms. The van der Waals surface area contributed by atoms with Crippen LogP contribution >= 0.6 is 22.7 Å². The van der Waals surface area contributed by atoms with Crippen molar-refractivity contribution in [3.63, 3.8) is 0 Å². The molecule has 0 saturated heterocycles. The number of nitrogens with one attached hydrogen (secondary N) is 2. The lowest BCUT2D eigenvalue weighted by atomic mass is 10.1. The largest absolute Gasteiger partial charge is 0.493 e. The van der Waals surface area contributed by atoms with Crippen LogP contribution in [0.15, 0.2) is 84.1 Å². The van der Waals surface area contributed by atoms with Gasteiger partial charge < -0.3 is 44.8 Å². The van der Waals surface area contributed by atoms with Gasteiger partial charge in [-0.15, -0.1) is 22.7 Å². The van der Waals surface area contributed by atoms with Crippen molar-refractivity contribution >= 4 is 72.3 Å². The number of nitrogens with zero attached hydrogens (tertiary/aromatic N) is 7. The minimum absolute atomic E-state index is 0.240. The molecule has 0 unspecified atom stereocenters. The summed E-state index contributed by atoms with van der Waals surface area (Å²) in [6, 6.07) is 14.8. The Morgan fingerprint density at radius 3 is 1.54 bits per heavy atom. The number of nitrogen functional groups attached to an aromatic ring is 1. The van der Waals surface area contributed by atoms with Crippen LogP contribution in [0, 0.1) is 0 Å². The Bertz CT molecular complexity index is 2660. The molecule has 0 aliphatic heterocycles. The second kappa shape index (κ2) is 17.2. The Labute approximate surface area is 334 Å². The van der Waals surface area contributed by atoms with Gasteiger partial charge in [0.05, 0.1) is 75.5 Å². The van der Waals surface area contributed by atoms with Crippen LogP contribution < -0.4 is 44.8 Å². The zero-order valence-corrected chi connectivity index (χ0v) is 33.2. The smallest absolute Gasteiger partial charge is 0.227 e. The molecule has 0 saturated carbocycles. The molecule has 0 aliphatic carbocycles. The third-order valence-electron chi connectivity index (χ3n) is 8.42. The summed E-state index contributed by atoms with van der Waals surface area (Å²) >= 11 is 3.12. The first-order chi connectivity index (χ1) is 27.8. The number of hydrogen-bond donors (Lipinski definition) is 3. The van der Waals surface area contributed by atoms with E-state index in [2.05, 4.69) is 40.5 Å². The number of rotatable bonds is 12. The molecular formula is C39H36N10O6S2. The van der Waals surface area contributed by atoms with Crippen molar-refractivity contribution in [1.29, 1.82) is 0 Å². The van der Waals surface area contributed by atoms with Gasteiger partial charge in [0.2, 0.25) is 29.6 Å². The van der Waals surface area contributed by atoms with E-state index in [9.17, 15) is 0 Å². The Morgan fingerprint density at radius 1 is 0.509 bits per heavy atom. The van der Waals surface area contributed by atoms with Crippen molar-refractivity contribution in [2.45, 2.75) is 0 Å². The van der Waals surface area contributed by atoms with Gasteiger partial charge in [0, 0.05) is 75.0 Å². The first-order valence-electron chi connectivity index (χ1n) is 17.0. The van der Waals surface area contributed by atoms with Crippen LogP contribution in [0.2, 0.25) is 0 Å². The molecule has 0 atom stereocenters. The van der Waals surface area contributed by atoms with Crippen molar-refractivity contribution in [2.75, 3.05) is 59.0 Å². The highest BCUT2D eigenvalue weighted by molar-refractivity contribution is 7.18. The highest BCUT2D eigenvalue weighted by atomic mass is 32.1. The molecule has 18 heteroatoms. The van der Waals surface area contributed by atoms with Gasteiger partial charge in [0.15, 0.2) is 23.0 Å². The van der Waals surface area contributed by atoms with Gasteiger partial charge in [-0.25, -0.2) is 29.9 Å². The molecule has 16 nitrogen and oxygen atoms in total. The third kappa shape index (κ3) is 8.31. The summed E-state index contributed by atoms with van der Waals surface area (Å²) in [5, 5.41) is 10.4. The molecule has 6 heterocycles. The summed E-state index contributed by atoms with van der Waals surface area (Å²) in [5.74, 6) is 4.70. The highest BCUT2D eigenvalue weighted by Crippen LogP contribution is 2.39. The van der Waals surface area contributed by atoms with Crippen LogP contribution in [0.5, 0.6) is 34.8 Å². The first-order valence-corrected chi connectivity index (χ1v) is 18.7. The summed E-state index contributed by atoms with van der Waals surface area (Å²) in [4.78, 5) is 30.7. The third-order valence-corrected chi connectivity index (χ3v) is 10.2. The molecule has 6 aromatic heterocycles. The molecule has 8 rings (SSSR count). The predicted octanol–water partition coefficient (Wildman–Crippen LogP) is 8.02. The summed E-state index contributed by atoms with van der Waals surface area (Å²) in [6.45, 7) is 0. The average Bonchev–Trinajstić information content (AvgIpc) is 3.88. The molecule has 0 bridgehead atoms. The zero-order valence-electron chi connectivity index (χ0n) is 31.6. The number of fused-ring (bicyclic) bond motifs is 2. The minimum atomic E-state index is 0.240. The predicted molar refractivity (Wildman–Crippen MR) is 222 cm³/mol. The minimum Gasteiger partial charge on any atom is -0.493 e.